The van der Waals surface area contributed by atoms with Gasteiger partial charge in [0.1, 0.15) is 0 Å². The van der Waals surface area contributed by atoms with Crippen LogP contribution >= 0.6 is 0 Å². The first-order valence-electron chi connectivity index (χ1n) is 4.27. The van der Waals surface area contributed by atoms with Crippen molar-refractivity contribution in [3.8, 4) is 0 Å². The van der Waals surface area contributed by atoms with Crippen LogP contribution in [-0.2, 0) is 0 Å². The third-order valence-corrected chi connectivity index (χ3v) is 2.36. The van der Waals surface area contributed by atoms with Gasteiger partial charge in [-0.3, -0.25) is 4.90 Å². The summed E-state index contributed by atoms with van der Waals surface area (Å²) in [4.78, 5) is 2.27. The number of nitrogens with two attached hydrogens (primary N) is 1. The molecule has 0 aromatic heterocycles. The maximum Gasteiger partial charge on any atom is 0.0587 e. The van der Waals surface area contributed by atoms with Crippen LogP contribution in [0.2, 0.25) is 0 Å². The zero-order chi connectivity index (χ0) is 8.43. The third-order valence-electron chi connectivity index (χ3n) is 2.36. The molecule has 3 N–H and O–H groups in total. The highest BCUT2D eigenvalue weighted by Gasteiger charge is 2.30. The molecule has 1 heterocycles. The minimum absolute atomic E-state index is 0.242. The quantitative estimate of drug-likeness (QED) is 0.584. The summed E-state index contributed by atoms with van der Waals surface area (Å²) in [5.74, 6) is 0. The van der Waals surface area contributed by atoms with Crippen LogP contribution in [-0.4, -0.2) is 41.3 Å². The van der Waals surface area contributed by atoms with Crippen molar-refractivity contribution in [1.29, 1.82) is 0 Å². The molecule has 1 rings (SSSR count). The van der Waals surface area contributed by atoms with E-state index in [2.05, 4.69) is 18.7 Å². The number of hydrogen-bond donors (Lipinski definition) is 2. The van der Waals surface area contributed by atoms with Crippen LogP contribution in [0.15, 0.2) is 0 Å². The largest absolute Gasteiger partial charge is 0.395 e. The van der Waals surface area contributed by atoms with Crippen molar-refractivity contribution < 1.29 is 5.11 Å². The van der Waals surface area contributed by atoms with Gasteiger partial charge in [0.25, 0.3) is 0 Å². The number of aliphatic hydroxyl groups is 1. The molecule has 0 aromatic carbocycles. The SMILES string of the molecule is CC(C)N1C[C@H](N)C[C@@H]1CO. The Kier molecular flexibility index (Phi) is 2.87. The molecule has 0 aromatic rings. The van der Waals surface area contributed by atoms with Crippen LogP contribution < -0.4 is 5.73 Å². The number of likely N-dealkylation sites (tertiary alicyclic amines) is 1. The predicted octanol–water partition coefficient (Wildman–Crippen LogP) is -0.211. The fourth-order valence-electron chi connectivity index (χ4n) is 1.79. The molecule has 0 radical (unpaired) electrons. The highest BCUT2D eigenvalue weighted by molar-refractivity contribution is 4.88. The van der Waals surface area contributed by atoms with Gasteiger partial charge in [-0.05, 0) is 20.3 Å². The number of hydrogen-bond acceptors (Lipinski definition) is 3. The van der Waals surface area contributed by atoms with Crippen LogP contribution in [0.5, 0.6) is 0 Å². The molecule has 0 amide bonds. The fourth-order valence-corrected chi connectivity index (χ4v) is 1.79. The average Bonchev–Trinajstić information content (AvgIpc) is 2.30. The summed E-state index contributed by atoms with van der Waals surface area (Å²) in [6.45, 7) is 5.45. The highest BCUT2D eigenvalue weighted by Crippen LogP contribution is 2.18. The van der Waals surface area contributed by atoms with E-state index < -0.39 is 0 Å². The minimum Gasteiger partial charge on any atom is -0.395 e. The van der Waals surface area contributed by atoms with Gasteiger partial charge in [0.05, 0.1) is 6.61 Å². The predicted molar refractivity (Wildman–Crippen MR) is 45.3 cm³/mol. The van der Waals surface area contributed by atoms with Crippen molar-refractivity contribution >= 4 is 0 Å². The van der Waals surface area contributed by atoms with Gasteiger partial charge in [0.2, 0.25) is 0 Å². The van der Waals surface area contributed by atoms with Crippen LogP contribution in [0, 0.1) is 0 Å². The first-order valence-corrected chi connectivity index (χ1v) is 4.27. The van der Waals surface area contributed by atoms with E-state index >= 15 is 0 Å². The lowest BCUT2D eigenvalue weighted by Crippen LogP contribution is -2.38. The summed E-state index contributed by atoms with van der Waals surface area (Å²) in [5.41, 5.74) is 5.78. The lowest BCUT2D eigenvalue weighted by atomic mass is 10.2. The minimum atomic E-state index is 0.242. The van der Waals surface area contributed by atoms with Gasteiger partial charge in [0, 0.05) is 24.7 Å². The molecule has 1 aliphatic rings. The van der Waals surface area contributed by atoms with Crippen LogP contribution in [0.25, 0.3) is 0 Å². The third kappa shape index (κ3) is 1.92. The van der Waals surface area contributed by atoms with Crippen molar-refractivity contribution in [3.05, 3.63) is 0 Å². The van der Waals surface area contributed by atoms with E-state index in [1.807, 2.05) is 0 Å². The molecule has 1 saturated heterocycles. The van der Waals surface area contributed by atoms with Crippen molar-refractivity contribution in [2.75, 3.05) is 13.2 Å². The lowest BCUT2D eigenvalue weighted by molar-refractivity contribution is 0.132. The second kappa shape index (κ2) is 3.52. The molecule has 1 fully saturated rings. The molecule has 0 aliphatic carbocycles. The zero-order valence-electron chi connectivity index (χ0n) is 7.33. The molecule has 11 heavy (non-hydrogen) atoms. The molecule has 0 saturated carbocycles. The van der Waals surface area contributed by atoms with Gasteiger partial charge in [-0.15, -0.1) is 0 Å². The van der Waals surface area contributed by atoms with E-state index in [1.54, 1.807) is 0 Å². The zero-order valence-corrected chi connectivity index (χ0v) is 7.33. The maximum atomic E-state index is 9.01. The smallest absolute Gasteiger partial charge is 0.0587 e. The monoisotopic (exact) mass is 158 g/mol. The first kappa shape index (κ1) is 8.97. The van der Waals surface area contributed by atoms with Crippen molar-refractivity contribution in [2.45, 2.75) is 38.4 Å². The lowest BCUT2D eigenvalue weighted by Gasteiger charge is -2.26. The number of rotatable bonds is 2. The van der Waals surface area contributed by atoms with Crippen LogP contribution in [0.4, 0.5) is 0 Å². The van der Waals surface area contributed by atoms with E-state index in [9.17, 15) is 0 Å². The fraction of sp³-hybridized carbons (Fsp3) is 1.00. The molecule has 2 atom stereocenters. The summed E-state index contributed by atoms with van der Waals surface area (Å²) in [7, 11) is 0. The molecular formula is C8H18N2O. The molecule has 0 spiro atoms. The second-order valence-corrected chi connectivity index (χ2v) is 3.62. The van der Waals surface area contributed by atoms with Gasteiger partial charge >= 0.3 is 0 Å². The Morgan fingerprint density at radius 2 is 2.27 bits per heavy atom. The highest BCUT2D eigenvalue weighted by atomic mass is 16.3. The summed E-state index contributed by atoms with van der Waals surface area (Å²) in [5, 5.41) is 9.01. The standard InChI is InChI=1S/C8H18N2O/c1-6(2)10-4-7(9)3-8(10)5-11/h6-8,11H,3-5,9H2,1-2H3/t7-,8-/m1/s1. The van der Waals surface area contributed by atoms with E-state index in [1.165, 1.54) is 0 Å². The molecule has 66 valence electrons. The second-order valence-electron chi connectivity index (χ2n) is 3.62. The molecule has 0 bridgehead atoms. The topological polar surface area (TPSA) is 49.5 Å². The van der Waals surface area contributed by atoms with Gasteiger partial charge in [0.15, 0.2) is 0 Å². The van der Waals surface area contributed by atoms with Crippen molar-refractivity contribution in [2.24, 2.45) is 5.73 Å². The van der Waals surface area contributed by atoms with Gasteiger partial charge in [-0.2, -0.15) is 0 Å². The number of nitrogens with zero attached hydrogens (tertiary/aromatic N) is 1. The Balaban J connectivity index is 2.50. The number of aliphatic hydroxyl groups excluding tert-OH is 1. The van der Waals surface area contributed by atoms with Gasteiger partial charge < -0.3 is 10.8 Å². The Morgan fingerprint density at radius 3 is 2.64 bits per heavy atom. The van der Waals surface area contributed by atoms with E-state index in [-0.39, 0.29) is 12.6 Å². The molecule has 3 nitrogen and oxygen atoms in total. The Hall–Kier alpha value is -0.120. The maximum absolute atomic E-state index is 9.01. The summed E-state index contributed by atoms with van der Waals surface area (Å²) < 4.78 is 0. The van der Waals surface area contributed by atoms with E-state index in [0.717, 1.165) is 13.0 Å². The van der Waals surface area contributed by atoms with Crippen molar-refractivity contribution in [1.82, 2.24) is 4.90 Å². The Labute approximate surface area is 68.2 Å². The molecule has 3 heteroatoms. The summed E-state index contributed by atoms with van der Waals surface area (Å²) in [6.07, 6.45) is 0.939. The summed E-state index contributed by atoms with van der Waals surface area (Å²) in [6, 6.07) is 1.06. The van der Waals surface area contributed by atoms with E-state index in [4.69, 9.17) is 10.8 Å². The van der Waals surface area contributed by atoms with Crippen LogP contribution in [0.3, 0.4) is 0 Å². The normalized spacial score (nSPS) is 33.5. The van der Waals surface area contributed by atoms with Gasteiger partial charge in [-0.25, -0.2) is 0 Å². The molecule has 1 aliphatic heterocycles. The summed E-state index contributed by atoms with van der Waals surface area (Å²) >= 11 is 0. The first-order chi connectivity index (χ1) is 5.15. The van der Waals surface area contributed by atoms with E-state index in [0.29, 0.717) is 12.1 Å². The Bertz CT molecular complexity index is 127. The van der Waals surface area contributed by atoms with Crippen LogP contribution in [0.1, 0.15) is 20.3 Å². The van der Waals surface area contributed by atoms with Gasteiger partial charge in [-0.1, -0.05) is 0 Å². The molecular weight excluding hydrogens is 140 g/mol. The Morgan fingerprint density at radius 1 is 1.64 bits per heavy atom. The van der Waals surface area contributed by atoms with Crippen molar-refractivity contribution in [3.63, 3.8) is 0 Å². The average molecular weight is 158 g/mol. The molecule has 0 unspecified atom stereocenters.